The number of aliphatic hydroxyl groups is 1. The number of aromatic nitrogens is 5. The summed E-state index contributed by atoms with van der Waals surface area (Å²) < 4.78 is 38.9. The van der Waals surface area contributed by atoms with Crippen LogP contribution in [0.3, 0.4) is 0 Å². The van der Waals surface area contributed by atoms with Crippen molar-refractivity contribution in [1.82, 2.24) is 24.7 Å². The lowest BCUT2D eigenvalue weighted by Crippen LogP contribution is -2.37. The summed E-state index contributed by atoms with van der Waals surface area (Å²) in [5.41, 5.74) is 0. The fraction of sp³-hybridized carbons (Fsp3) is 0.400. The summed E-state index contributed by atoms with van der Waals surface area (Å²) in [6.45, 7) is -2.10. The Kier molecular flexibility index (Phi) is 4.58. The van der Waals surface area contributed by atoms with Gasteiger partial charge in [-0.25, -0.2) is 4.68 Å². The van der Waals surface area contributed by atoms with Crippen LogP contribution < -0.4 is 4.90 Å². The van der Waals surface area contributed by atoms with Crippen LogP contribution in [-0.2, 0) is 0 Å². The summed E-state index contributed by atoms with van der Waals surface area (Å²) in [5.74, 6) is -0.299. The third-order valence-corrected chi connectivity index (χ3v) is 2.49. The zero-order valence-corrected chi connectivity index (χ0v) is 11.3. The van der Waals surface area contributed by atoms with Crippen LogP contribution in [-0.4, -0.2) is 55.7 Å². The Morgan fingerprint density at radius 1 is 1.29 bits per heavy atom. The minimum atomic E-state index is -4.47. The Bertz CT molecular complexity index is 591. The number of anilines is 1. The molecule has 114 valence electrons. The van der Waals surface area contributed by atoms with Gasteiger partial charge in [0, 0.05) is 18.9 Å². The van der Waals surface area contributed by atoms with E-state index in [-0.39, 0.29) is 23.7 Å². The van der Waals surface area contributed by atoms with Crippen molar-refractivity contribution >= 4 is 17.5 Å². The van der Waals surface area contributed by atoms with Crippen molar-refractivity contribution in [3.8, 4) is 5.95 Å². The Labute approximate surface area is 122 Å². The first-order valence-corrected chi connectivity index (χ1v) is 6.11. The fourth-order valence-corrected chi connectivity index (χ4v) is 1.70. The van der Waals surface area contributed by atoms with E-state index in [0.717, 1.165) is 4.90 Å². The van der Waals surface area contributed by atoms with E-state index in [4.69, 9.17) is 16.7 Å². The third kappa shape index (κ3) is 4.26. The van der Waals surface area contributed by atoms with Gasteiger partial charge in [0.2, 0.25) is 11.2 Å². The predicted octanol–water partition coefficient (Wildman–Crippen LogP) is 1.07. The second-order valence-corrected chi connectivity index (χ2v) is 4.25. The van der Waals surface area contributed by atoms with Gasteiger partial charge in [-0.2, -0.15) is 33.2 Å². The largest absolute Gasteiger partial charge is 0.406 e. The van der Waals surface area contributed by atoms with Gasteiger partial charge < -0.3 is 10.0 Å². The third-order valence-electron chi connectivity index (χ3n) is 2.32. The number of halogens is 4. The number of nitrogens with zero attached hydrogens (tertiary/aromatic N) is 6. The summed E-state index contributed by atoms with van der Waals surface area (Å²) in [7, 11) is 0. The van der Waals surface area contributed by atoms with Crippen molar-refractivity contribution in [2.75, 3.05) is 24.6 Å². The van der Waals surface area contributed by atoms with Gasteiger partial charge in [0.1, 0.15) is 6.54 Å². The molecule has 0 fully saturated rings. The monoisotopic (exact) mass is 322 g/mol. The van der Waals surface area contributed by atoms with Crippen LogP contribution in [0, 0.1) is 0 Å². The van der Waals surface area contributed by atoms with Crippen molar-refractivity contribution < 1.29 is 18.3 Å². The standard InChI is InChI=1S/C10H10ClF3N6O/c11-7-16-8(19(4-5-21)6-10(12,13)14)18-9(17-7)20-3-1-2-15-20/h1-3,21H,4-6H2. The molecule has 1 N–H and O–H groups in total. The molecule has 0 saturated carbocycles. The van der Waals surface area contributed by atoms with Crippen LogP contribution in [0.2, 0.25) is 5.28 Å². The Hall–Kier alpha value is -1.94. The molecule has 21 heavy (non-hydrogen) atoms. The Morgan fingerprint density at radius 2 is 2.05 bits per heavy atom. The van der Waals surface area contributed by atoms with E-state index < -0.39 is 19.3 Å². The second-order valence-electron chi connectivity index (χ2n) is 3.92. The molecule has 2 aromatic rings. The molecule has 0 atom stereocenters. The molecule has 7 nitrogen and oxygen atoms in total. The zero-order valence-electron chi connectivity index (χ0n) is 10.5. The first-order chi connectivity index (χ1) is 9.89. The molecule has 0 bridgehead atoms. The molecule has 2 heterocycles. The molecule has 0 aliphatic rings. The van der Waals surface area contributed by atoms with Crippen molar-refractivity contribution in [1.29, 1.82) is 0 Å². The van der Waals surface area contributed by atoms with E-state index >= 15 is 0 Å². The molecule has 0 unspecified atom stereocenters. The predicted molar refractivity (Wildman–Crippen MR) is 67.3 cm³/mol. The van der Waals surface area contributed by atoms with Crippen LogP contribution in [0.1, 0.15) is 0 Å². The molecule has 0 spiro atoms. The quantitative estimate of drug-likeness (QED) is 0.887. The van der Waals surface area contributed by atoms with Crippen LogP contribution in [0.5, 0.6) is 0 Å². The SMILES string of the molecule is OCCN(CC(F)(F)F)c1nc(Cl)nc(-n2cccn2)n1. The number of hydrogen-bond acceptors (Lipinski definition) is 6. The van der Waals surface area contributed by atoms with Crippen molar-refractivity contribution in [2.45, 2.75) is 6.18 Å². The Morgan fingerprint density at radius 3 is 2.62 bits per heavy atom. The van der Waals surface area contributed by atoms with Gasteiger partial charge in [-0.1, -0.05) is 0 Å². The topological polar surface area (TPSA) is 80.0 Å². The molecule has 2 aromatic heterocycles. The summed E-state index contributed by atoms with van der Waals surface area (Å²) in [6, 6.07) is 1.60. The minimum Gasteiger partial charge on any atom is -0.395 e. The molecular weight excluding hydrogens is 313 g/mol. The molecule has 0 amide bonds. The van der Waals surface area contributed by atoms with Crippen molar-refractivity contribution in [3.63, 3.8) is 0 Å². The minimum absolute atomic E-state index is 0.0138. The maximum atomic E-state index is 12.5. The summed E-state index contributed by atoms with van der Waals surface area (Å²) in [4.78, 5) is 12.1. The van der Waals surface area contributed by atoms with Gasteiger partial charge in [-0.05, 0) is 17.7 Å². The van der Waals surface area contributed by atoms with E-state index in [0.29, 0.717) is 0 Å². The van der Waals surface area contributed by atoms with Crippen LogP contribution in [0.4, 0.5) is 19.1 Å². The lowest BCUT2D eigenvalue weighted by molar-refractivity contribution is -0.120. The lowest BCUT2D eigenvalue weighted by Gasteiger charge is -2.23. The molecule has 0 aliphatic carbocycles. The molecule has 0 aliphatic heterocycles. The van der Waals surface area contributed by atoms with E-state index in [2.05, 4.69) is 20.1 Å². The average molecular weight is 323 g/mol. The van der Waals surface area contributed by atoms with E-state index in [1.807, 2.05) is 0 Å². The second kappa shape index (κ2) is 6.22. The number of rotatable bonds is 5. The molecule has 0 saturated heterocycles. The van der Waals surface area contributed by atoms with E-state index in [1.165, 1.54) is 17.1 Å². The summed E-state index contributed by atoms with van der Waals surface area (Å²) in [6.07, 6.45) is -1.51. The maximum Gasteiger partial charge on any atom is 0.406 e. The van der Waals surface area contributed by atoms with Crippen molar-refractivity contribution in [2.24, 2.45) is 0 Å². The highest BCUT2D eigenvalue weighted by Gasteiger charge is 2.32. The first-order valence-electron chi connectivity index (χ1n) is 5.73. The fourth-order valence-electron chi connectivity index (χ4n) is 1.55. The summed E-state index contributed by atoms with van der Waals surface area (Å²) in [5, 5.41) is 12.5. The van der Waals surface area contributed by atoms with E-state index in [1.54, 1.807) is 6.07 Å². The number of hydrogen-bond donors (Lipinski definition) is 1. The van der Waals surface area contributed by atoms with E-state index in [9.17, 15) is 13.2 Å². The van der Waals surface area contributed by atoms with Crippen LogP contribution >= 0.6 is 11.6 Å². The first kappa shape index (κ1) is 15.4. The zero-order chi connectivity index (χ0) is 15.5. The van der Waals surface area contributed by atoms with Gasteiger partial charge in [0.05, 0.1) is 6.61 Å². The highest BCUT2D eigenvalue weighted by atomic mass is 35.5. The maximum absolute atomic E-state index is 12.5. The van der Waals surface area contributed by atoms with Crippen molar-refractivity contribution in [3.05, 3.63) is 23.7 Å². The lowest BCUT2D eigenvalue weighted by atomic mass is 10.5. The highest BCUT2D eigenvalue weighted by Crippen LogP contribution is 2.20. The average Bonchev–Trinajstić information content (AvgIpc) is 2.90. The highest BCUT2D eigenvalue weighted by molar-refractivity contribution is 6.28. The number of aliphatic hydroxyl groups excluding tert-OH is 1. The normalized spacial score (nSPS) is 11.7. The summed E-state index contributed by atoms with van der Waals surface area (Å²) >= 11 is 5.71. The van der Waals surface area contributed by atoms with Crippen LogP contribution in [0.25, 0.3) is 5.95 Å². The molecule has 11 heteroatoms. The van der Waals surface area contributed by atoms with Gasteiger partial charge in [0.15, 0.2) is 0 Å². The Balaban J connectivity index is 2.36. The molecule has 0 aromatic carbocycles. The van der Waals surface area contributed by atoms with Crippen LogP contribution in [0.15, 0.2) is 18.5 Å². The smallest absolute Gasteiger partial charge is 0.395 e. The number of alkyl halides is 3. The molecule has 2 rings (SSSR count). The molecular formula is C10H10ClF3N6O. The van der Waals surface area contributed by atoms with Gasteiger partial charge in [-0.15, -0.1) is 0 Å². The van der Waals surface area contributed by atoms with Gasteiger partial charge >= 0.3 is 6.18 Å². The van der Waals surface area contributed by atoms with Gasteiger partial charge in [-0.3, -0.25) is 0 Å². The van der Waals surface area contributed by atoms with Gasteiger partial charge in [0.25, 0.3) is 5.95 Å². The molecule has 0 radical (unpaired) electrons.